The van der Waals surface area contributed by atoms with Crippen molar-refractivity contribution in [1.82, 2.24) is 0 Å². The number of rotatable bonds is 9. The second-order valence-electron chi connectivity index (χ2n) is 9.47. The normalized spacial score (nSPS) is 27.5. The zero-order valence-corrected chi connectivity index (χ0v) is 18.2. The molecule has 162 valence electrons. The Morgan fingerprint density at radius 3 is 2.07 bits per heavy atom. The number of halogens is 1. The van der Waals surface area contributed by atoms with Gasteiger partial charge < -0.3 is 4.74 Å². The fourth-order valence-electron chi connectivity index (χ4n) is 5.51. The molecule has 2 nitrogen and oxygen atoms in total. The molecular formula is C26H39FO2. The van der Waals surface area contributed by atoms with Crippen molar-refractivity contribution >= 4 is 5.97 Å². The molecule has 0 N–H and O–H groups in total. The van der Waals surface area contributed by atoms with Crippen LogP contribution in [0, 0.1) is 29.5 Å². The Kier molecular flexibility index (Phi) is 9.01. The maximum atomic E-state index is 13.0. The van der Waals surface area contributed by atoms with Gasteiger partial charge in [-0.3, -0.25) is 4.79 Å². The predicted molar refractivity (Wildman–Crippen MR) is 116 cm³/mol. The molecule has 0 aromatic heterocycles. The first-order chi connectivity index (χ1) is 14.2. The zero-order chi connectivity index (χ0) is 20.5. The van der Waals surface area contributed by atoms with E-state index >= 15 is 0 Å². The van der Waals surface area contributed by atoms with Crippen LogP contribution in [-0.2, 0) is 4.79 Å². The molecule has 1 aromatic rings. The number of carbonyl (C=O) groups excluding carboxylic acids is 1. The van der Waals surface area contributed by atoms with Crippen molar-refractivity contribution < 1.29 is 13.9 Å². The van der Waals surface area contributed by atoms with Gasteiger partial charge in [0.2, 0.25) is 0 Å². The predicted octanol–water partition coefficient (Wildman–Crippen LogP) is 7.70. The Labute approximate surface area is 176 Å². The number of ether oxygens (including phenoxy) is 1. The summed E-state index contributed by atoms with van der Waals surface area (Å²) in [4.78, 5) is 12.4. The van der Waals surface area contributed by atoms with Gasteiger partial charge in [0.05, 0.1) is 5.92 Å². The largest absolute Gasteiger partial charge is 0.426 e. The van der Waals surface area contributed by atoms with Crippen LogP contribution in [0.2, 0.25) is 0 Å². The summed E-state index contributed by atoms with van der Waals surface area (Å²) in [5.41, 5.74) is 0. The van der Waals surface area contributed by atoms with Crippen LogP contribution in [0.25, 0.3) is 0 Å². The molecule has 0 atom stereocenters. The van der Waals surface area contributed by atoms with E-state index < -0.39 is 0 Å². The molecule has 2 fully saturated rings. The molecule has 2 saturated carbocycles. The Hall–Kier alpha value is -1.38. The molecule has 1 aromatic carbocycles. The summed E-state index contributed by atoms with van der Waals surface area (Å²) in [6.45, 7) is 2.28. The van der Waals surface area contributed by atoms with Crippen LogP contribution in [0.3, 0.4) is 0 Å². The van der Waals surface area contributed by atoms with Crippen molar-refractivity contribution in [2.75, 3.05) is 0 Å². The lowest BCUT2D eigenvalue weighted by atomic mass is 9.68. The third-order valence-electron chi connectivity index (χ3n) is 7.41. The van der Waals surface area contributed by atoms with E-state index in [9.17, 15) is 9.18 Å². The van der Waals surface area contributed by atoms with Crippen molar-refractivity contribution in [3.05, 3.63) is 30.1 Å². The van der Waals surface area contributed by atoms with Crippen molar-refractivity contribution in [3.63, 3.8) is 0 Å². The number of hydrogen-bond acceptors (Lipinski definition) is 2. The molecule has 0 radical (unpaired) electrons. The first-order valence-corrected chi connectivity index (χ1v) is 12.1. The molecule has 0 spiro atoms. The third kappa shape index (κ3) is 7.12. The third-order valence-corrected chi connectivity index (χ3v) is 7.41. The van der Waals surface area contributed by atoms with Crippen LogP contribution < -0.4 is 4.74 Å². The maximum absolute atomic E-state index is 13.0. The lowest BCUT2D eigenvalue weighted by Crippen LogP contribution is -2.30. The average Bonchev–Trinajstić information content (AvgIpc) is 2.76. The summed E-state index contributed by atoms with van der Waals surface area (Å²) in [5, 5.41) is 0. The van der Waals surface area contributed by atoms with Gasteiger partial charge >= 0.3 is 5.97 Å². The highest BCUT2D eigenvalue weighted by atomic mass is 19.1. The molecular weight excluding hydrogens is 363 g/mol. The van der Waals surface area contributed by atoms with Gasteiger partial charge in [-0.25, -0.2) is 4.39 Å². The van der Waals surface area contributed by atoms with Crippen LogP contribution >= 0.6 is 0 Å². The van der Waals surface area contributed by atoms with E-state index in [4.69, 9.17) is 4.74 Å². The van der Waals surface area contributed by atoms with Crippen LogP contribution in [0.1, 0.15) is 96.8 Å². The highest BCUT2D eigenvalue weighted by Gasteiger charge is 2.33. The van der Waals surface area contributed by atoms with Crippen molar-refractivity contribution in [1.29, 1.82) is 0 Å². The second-order valence-corrected chi connectivity index (χ2v) is 9.47. The number of hydrogen-bond donors (Lipinski definition) is 0. The Balaban J connectivity index is 1.32. The number of benzene rings is 1. The minimum atomic E-state index is -0.309. The summed E-state index contributed by atoms with van der Waals surface area (Å²) in [7, 11) is 0. The first-order valence-electron chi connectivity index (χ1n) is 12.1. The van der Waals surface area contributed by atoms with Gasteiger partial charge in [-0.15, -0.1) is 0 Å². The van der Waals surface area contributed by atoms with Gasteiger partial charge in [0.15, 0.2) is 0 Å². The van der Waals surface area contributed by atoms with E-state index in [0.29, 0.717) is 5.75 Å². The van der Waals surface area contributed by atoms with E-state index in [2.05, 4.69) is 6.92 Å². The SMILES string of the molecule is CCCCCCC[C@H]1CC[C@H](C2CCC(C(=O)Oc3ccc(F)cc3)CC2)CC1. The summed E-state index contributed by atoms with van der Waals surface area (Å²) in [6, 6.07) is 5.73. The van der Waals surface area contributed by atoms with Gasteiger partial charge in [-0.05, 0) is 80.5 Å². The lowest BCUT2D eigenvalue weighted by Gasteiger charge is -2.37. The quantitative estimate of drug-likeness (QED) is 0.240. The topological polar surface area (TPSA) is 26.3 Å². The fourth-order valence-corrected chi connectivity index (χ4v) is 5.51. The molecule has 0 aliphatic heterocycles. The number of esters is 1. The van der Waals surface area contributed by atoms with E-state index in [1.165, 1.54) is 88.5 Å². The van der Waals surface area contributed by atoms with Crippen molar-refractivity contribution in [2.24, 2.45) is 23.7 Å². The molecule has 3 heteroatoms. The van der Waals surface area contributed by atoms with E-state index in [1.54, 1.807) is 0 Å². The van der Waals surface area contributed by atoms with E-state index in [0.717, 1.165) is 43.4 Å². The van der Waals surface area contributed by atoms with Gasteiger partial charge in [0, 0.05) is 0 Å². The standard InChI is InChI=1S/C26H39FO2/c1-2-3-4-5-6-7-20-8-10-21(11-9-20)22-12-14-23(15-13-22)26(28)29-25-18-16-24(27)17-19-25/h16-23H,2-15H2,1H3/t20-,21-,22?,23?. The molecule has 2 aliphatic rings. The molecule has 0 bridgehead atoms. The van der Waals surface area contributed by atoms with Gasteiger partial charge in [0.1, 0.15) is 11.6 Å². The summed E-state index contributed by atoms with van der Waals surface area (Å²) < 4.78 is 18.4. The molecule has 3 rings (SSSR count). The highest BCUT2D eigenvalue weighted by Crippen LogP contribution is 2.42. The fraction of sp³-hybridized carbons (Fsp3) is 0.731. The lowest BCUT2D eigenvalue weighted by molar-refractivity contribution is -0.140. The Morgan fingerprint density at radius 1 is 0.862 bits per heavy atom. The number of unbranched alkanes of at least 4 members (excludes halogenated alkanes) is 4. The minimum absolute atomic E-state index is 0.00997. The van der Waals surface area contributed by atoms with Crippen LogP contribution in [0.15, 0.2) is 24.3 Å². The van der Waals surface area contributed by atoms with Crippen LogP contribution in [0.4, 0.5) is 4.39 Å². The second kappa shape index (κ2) is 11.7. The summed E-state index contributed by atoms with van der Waals surface area (Å²) in [5.74, 6) is 2.66. The summed E-state index contributed by atoms with van der Waals surface area (Å²) in [6.07, 6.45) is 18.3. The number of carbonyl (C=O) groups is 1. The highest BCUT2D eigenvalue weighted by molar-refractivity contribution is 5.75. The smallest absolute Gasteiger partial charge is 0.314 e. The molecule has 0 saturated heterocycles. The van der Waals surface area contributed by atoms with E-state index in [-0.39, 0.29) is 17.7 Å². The molecule has 0 amide bonds. The van der Waals surface area contributed by atoms with Crippen molar-refractivity contribution in [3.8, 4) is 5.75 Å². The zero-order valence-electron chi connectivity index (χ0n) is 18.2. The Bertz CT molecular complexity index is 596. The van der Waals surface area contributed by atoms with E-state index in [1.807, 2.05) is 0 Å². The van der Waals surface area contributed by atoms with Crippen LogP contribution in [-0.4, -0.2) is 5.97 Å². The molecule has 29 heavy (non-hydrogen) atoms. The summed E-state index contributed by atoms with van der Waals surface area (Å²) >= 11 is 0. The minimum Gasteiger partial charge on any atom is -0.426 e. The van der Waals surface area contributed by atoms with Crippen molar-refractivity contribution in [2.45, 2.75) is 96.8 Å². The maximum Gasteiger partial charge on any atom is 0.314 e. The molecule has 0 heterocycles. The first kappa shape index (κ1) is 22.3. The van der Waals surface area contributed by atoms with Gasteiger partial charge in [-0.1, -0.05) is 58.3 Å². The molecule has 2 aliphatic carbocycles. The Morgan fingerprint density at radius 2 is 1.45 bits per heavy atom. The van der Waals surface area contributed by atoms with Gasteiger partial charge in [-0.2, -0.15) is 0 Å². The monoisotopic (exact) mass is 402 g/mol. The van der Waals surface area contributed by atoms with Crippen LogP contribution in [0.5, 0.6) is 5.75 Å². The molecule has 0 unspecified atom stereocenters. The van der Waals surface area contributed by atoms with Gasteiger partial charge in [0.25, 0.3) is 0 Å². The average molecular weight is 403 g/mol.